The van der Waals surface area contributed by atoms with Crippen LogP contribution in [-0.2, 0) is 4.79 Å². The van der Waals surface area contributed by atoms with E-state index in [4.69, 9.17) is 0 Å². The molecule has 1 amide bonds. The highest BCUT2D eigenvalue weighted by Crippen LogP contribution is 2.20. The summed E-state index contributed by atoms with van der Waals surface area (Å²) in [5.74, 6) is -0.393. The summed E-state index contributed by atoms with van der Waals surface area (Å²) in [7, 11) is 0. The van der Waals surface area contributed by atoms with Crippen LogP contribution in [0, 0.1) is 5.82 Å². The fourth-order valence-corrected chi connectivity index (χ4v) is 1.52. The van der Waals surface area contributed by atoms with Gasteiger partial charge in [0.1, 0.15) is 5.82 Å². The van der Waals surface area contributed by atoms with Crippen LogP contribution in [0.2, 0.25) is 0 Å². The molecule has 0 aliphatic heterocycles. The molecular formula is C11H11BrFNO. The van der Waals surface area contributed by atoms with Crippen LogP contribution in [0.3, 0.4) is 0 Å². The summed E-state index contributed by atoms with van der Waals surface area (Å²) in [5, 5.41) is 2.59. The maximum absolute atomic E-state index is 13.3. The summed E-state index contributed by atoms with van der Waals surface area (Å²) >= 11 is 3.25. The topological polar surface area (TPSA) is 29.1 Å². The van der Waals surface area contributed by atoms with Crippen molar-refractivity contribution in [3.05, 3.63) is 40.1 Å². The monoisotopic (exact) mass is 271 g/mol. The van der Waals surface area contributed by atoms with Crippen molar-refractivity contribution >= 4 is 27.9 Å². The summed E-state index contributed by atoms with van der Waals surface area (Å²) < 4.78 is 14.0. The molecule has 0 saturated heterocycles. The summed E-state index contributed by atoms with van der Waals surface area (Å²) in [6.07, 6.45) is 3.33. The maximum Gasteiger partial charge on any atom is 0.217 e. The quantitative estimate of drug-likeness (QED) is 0.900. The number of hydrogen-bond donors (Lipinski definition) is 1. The minimum atomic E-state index is -0.288. The molecule has 2 nitrogen and oxygen atoms in total. The summed E-state index contributed by atoms with van der Waals surface area (Å²) in [6.45, 7) is 1.84. The fraction of sp³-hybridized carbons (Fsp3) is 0.182. The van der Waals surface area contributed by atoms with Crippen LogP contribution < -0.4 is 5.32 Å². The second-order valence-electron chi connectivity index (χ2n) is 2.97. The van der Waals surface area contributed by atoms with E-state index in [9.17, 15) is 9.18 Å². The smallest absolute Gasteiger partial charge is 0.217 e. The van der Waals surface area contributed by atoms with Crippen molar-refractivity contribution in [1.29, 1.82) is 0 Å². The molecule has 4 heteroatoms. The Morgan fingerprint density at radius 3 is 2.93 bits per heavy atom. The predicted octanol–water partition coefficient (Wildman–Crippen LogP) is 2.74. The molecule has 1 N–H and O–H groups in total. The molecule has 0 aromatic heterocycles. The molecule has 0 saturated carbocycles. The van der Waals surface area contributed by atoms with Crippen molar-refractivity contribution in [1.82, 2.24) is 5.32 Å². The zero-order chi connectivity index (χ0) is 11.3. The van der Waals surface area contributed by atoms with Gasteiger partial charge in [-0.25, -0.2) is 4.39 Å². The first-order valence-electron chi connectivity index (χ1n) is 4.46. The molecule has 0 radical (unpaired) electrons. The van der Waals surface area contributed by atoms with E-state index < -0.39 is 0 Å². The van der Waals surface area contributed by atoms with Crippen LogP contribution in [0.15, 0.2) is 28.7 Å². The van der Waals surface area contributed by atoms with Crippen LogP contribution in [0.1, 0.15) is 12.5 Å². The first-order chi connectivity index (χ1) is 7.11. The Kier molecular flexibility index (Phi) is 4.49. The molecule has 15 heavy (non-hydrogen) atoms. The highest BCUT2D eigenvalue weighted by Gasteiger charge is 2.01. The summed E-state index contributed by atoms with van der Waals surface area (Å²) in [6, 6.07) is 4.79. The standard InChI is InChI=1S/C11H11BrFNO/c1-8(15)14-7-3-4-9-10(12)5-2-6-11(9)13/h2-6H,7H2,1H3,(H,14,15). The molecule has 0 spiro atoms. The minimum Gasteiger partial charge on any atom is -0.353 e. The van der Waals surface area contributed by atoms with Crippen molar-refractivity contribution in [3.63, 3.8) is 0 Å². The Balaban J connectivity index is 2.67. The lowest BCUT2D eigenvalue weighted by Crippen LogP contribution is -2.19. The van der Waals surface area contributed by atoms with Gasteiger partial charge in [0, 0.05) is 23.5 Å². The van der Waals surface area contributed by atoms with Gasteiger partial charge in [0.05, 0.1) is 0 Å². The number of rotatable bonds is 3. The van der Waals surface area contributed by atoms with Crippen molar-refractivity contribution in [3.8, 4) is 0 Å². The van der Waals surface area contributed by atoms with E-state index in [1.807, 2.05) is 0 Å². The normalized spacial score (nSPS) is 10.6. The van der Waals surface area contributed by atoms with Gasteiger partial charge in [-0.3, -0.25) is 4.79 Å². The maximum atomic E-state index is 13.3. The van der Waals surface area contributed by atoms with Crippen LogP contribution in [0.5, 0.6) is 0 Å². The van der Waals surface area contributed by atoms with Gasteiger partial charge in [0.2, 0.25) is 5.91 Å². The first-order valence-corrected chi connectivity index (χ1v) is 5.25. The van der Waals surface area contributed by atoms with E-state index in [2.05, 4.69) is 21.2 Å². The number of amides is 1. The van der Waals surface area contributed by atoms with Gasteiger partial charge in [-0.1, -0.05) is 34.1 Å². The zero-order valence-electron chi connectivity index (χ0n) is 8.26. The number of nitrogens with one attached hydrogen (secondary N) is 1. The van der Waals surface area contributed by atoms with Crippen molar-refractivity contribution in [2.75, 3.05) is 6.54 Å². The van der Waals surface area contributed by atoms with Gasteiger partial charge in [-0.2, -0.15) is 0 Å². The van der Waals surface area contributed by atoms with Crippen molar-refractivity contribution in [2.24, 2.45) is 0 Å². The SMILES string of the molecule is CC(=O)NCC=Cc1c(F)cccc1Br. The van der Waals surface area contributed by atoms with Gasteiger partial charge < -0.3 is 5.32 Å². The molecule has 0 bridgehead atoms. The lowest BCUT2D eigenvalue weighted by Gasteiger charge is -2.00. The van der Waals surface area contributed by atoms with Gasteiger partial charge in [-0.05, 0) is 12.1 Å². The summed E-state index contributed by atoms with van der Waals surface area (Å²) in [5.41, 5.74) is 0.489. The number of benzene rings is 1. The molecule has 0 atom stereocenters. The van der Waals surface area contributed by atoms with Gasteiger partial charge >= 0.3 is 0 Å². The Bertz CT molecular complexity index is 370. The number of carbonyl (C=O) groups is 1. The van der Waals surface area contributed by atoms with Crippen LogP contribution in [0.4, 0.5) is 4.39 Å². The molecule has 0 fully saturated rings. The zero-order valence-corrected chi connectivity index (χ0v) is 9.84. The average Bonchev–Trinajstić information content (AvgIpc) is 2.15. The Hall–Kier alpha value is -1.16. The fourth-order valence-electron chi connectivity index (χ4n) is 1.05. The van der Waals surface area contributed by atoms with E-state index in [0.717, 1.165) is 0 Å². The third kappa shape index (κ3) is 3.83. The van der Waals surface area contributed by atoms with Gasteiger partial charge in [-0.15, -0.1) is 0 Å². The molecule has 0 aliphatic carbocycles. The highest BCUT2D eigenvalue weighted by atomic mass is 79.9. The Morgan fingerprint density at radius 2 is 2.33 bits per heavy atom. The first kappa shape index (κ1) is 11.9. The number of carbonyl (C=O) groups excluding carboxylic acids is 1. The molecule has 0 unspecified atom stereocenters. The third-order valence-corrected chi connectivity index (χ3v) is 2.44. The van der Waals surface area contributed by atoms with E-state index in [0.29, 0.717) is 16.6 Å². The van der Waals surface area contributed by atoms with Gasteiger partial charge in [0.25, 0.3) is 0 Å². The number of hydrogen-bond acceptors (Lipinski definition) is 1. The molecule has 80 valence electrons. The highest BCUT2D eigenvalue weighted by molar-refractivity contribution is 9.10. The van der Waals surface area contributed by atoms with E-state index in [-0.39, 0.29) is 11.7 Å². The predicted molar refractivity (Wildman–Crippen MR) is 61.8 cm³/mol. The second-order valence-corrected chi connectivity index (χ2v) is 3.83. The largest absolute Gasteiger partial charge is 0.353 e. The molecule has 0 heterocycles. The van der Waals surface area contributed by atoms with Gasteiger partial charge in [0.15, 0.2) is 0 Å². The Morgan fingerprint density at radius 1 is 1.60 bits per heavy atom. The average molecular weight is 272 g/mol. The molecule has 0 aliphatic rings. The lowest BCUT2D eigenvalue weighted by molar-refractivity contribution is -0.118. The summed E-state index contributed by atoms with van der Waals surface area (Å²) in [4.78, 5) is 10.6. The van der Waals surface area contributed by atoms with E-state index in [1.54, 1.807) is 24.3 Å². The van der Waals surface area contributed by atoms with Crippen molar-refractivity contribution < 1.29 is 9.18 Å². The Labute approximate surface area is 96.3 Å². The molecule has 1 rings (SSSR count). The van der Waals surface area contributed by atoms with Crippen molar-refractivity contribution in [2.45, 2.75) is 6.92 Å². The lowest BCUT2D eigenvalue weighted by atomic mass is 10.2. The third-order valence-electron chi connectivity index (χ3n) is 1.75. The van der Waals surface area contributed by atoms with E-state index >= 15 is 0 Å². The van der Waals surface area contributed by atoms with Crippen LogP contribution in [0.25, 0.3) is 6.08 Å². The molecule has 1 aromatic carbocycles. The molecular weight excluding hydrogens is 261 g/mol. The van der Waals surface area contributed by atoms with Crippen LogP contribution in [-0.4, -0.2) is 12.5 Å². The number of halogens is 2. The van der Waals surface area contributed by atoms with Crippen LogP contribution >= 0.6 is 15.9 Å². The minimum absolute atomic E-state index is 0.104. The molecule has 1 aromatic rings. The van der Waals surface area contributed by atoms with E-state index in [1.165, 1.54) is 13.0 Å². The second kappa shape index (κ2) is 5.66.